The molecule has 1 N–H and O–H groups in total. The van der Waals surface area contributed by atoms with Gasteiger partial charge in [0.25, 0.3) is 5.89 Å². The number of aliphatic hydroxyl groups is 1. The summed E-state index contributed by atoms with van der Waals surface area (Å²) in [4.78, 5) is 5.90. The molecule has 0 aromatic carbocycles. The average Bonchev–Trinajstić information content (AvgIpc) is 2.80. The van der Waals surface area contributed by atoms with Crippen molar-refractivity contribution in [2.24, 2.45) is 5.92 Å². The smallest absolute Gasteiger partial charge is 0.373 e. The van der Waals surface area contributed by atoms with Crippen molar-refractivity contribution in [2.75, 3.05) is 20.1 Å². The summed E-state index contributed by atoms with van der Waals surface area (Å²) in [6.45, 7) is 2.52. The number of nitrogens with zero attached hydrogens (tertiary/aromatic N) is 3. The predicted octanol–water partition coefficient (Wildman–Crippen LogP) is 1.72. The minimum Gasteiger partial charge on any atom is -0.373 e. The maximum Gasteiger partial charge on any atom is 0.426 e. The second-order valence-electron chi connectivity index (χ2n) is 5.54. The highest BCUT2D eigenvalue weighted by atomic mass is 19.4. The van der Waals surface area contributed by atoms with Crippen molar-refractivity contribution in [3.05, 3.63) is 11.7 Å². The van der Waals surface area contributed by atoms with Crippen molar-refractivity contribution < 1.29 is 22.8 Å². The Morgan fingerprint density at radius 1 is 1.35 bits per heavy atom. The van der Waals surface area contributed by atoms with Gasteiger partial charge in [-0.05, 0) is 45.8 Å². The van der Waals surface area contributed by atoms with Gasteiger partial charge in [-0.25, -0.2) is 0 Å². The van der Waals surface area contributed by atoms with Gasteiger partial charge in [0.15, 0.2) is 5.82 Å². The molecule has 8 heteroatoms. The molecule has 0 spiro atoms. The van der Waals surface area contributed by atoms with Crippen LogP contribution in [0.15, 0.2) is 4.52 Å². The molecule has 0 aliphatic carbocycles. The second-order valence-corrected chi connectivity index (χ2v) is 5.54. The molecule has 114 valence electrons. The van der Waals surface area contributed by atoms with Crippen LogP contribution in [-0.4, -0.2) is 46.5 Å². The van der Waals surface area contributed by atoms with Crippen molar-refractivity contribution in [2.45, 2.75) is 38.0 Å². The lowest BCUT2D eigenvalue weighted by Crippen LogP contribution is -2.39. The molecule has 5 nitrogen and oxygen atoms in total. The van der Waals surface area contributed by atoms with Crippen LogP contribution in [0.2, 0.25) is 0 Å². The fourth-order valence-corrected chi connectivity index (χ4v) is 2.18. The largest absolute Gasteiger partial charge is 0.426 e. The van der Waals surface area contributed by atoms with Crippen LogP contribution in [0.5, 0.6) is 0 Å². The van der Waals surface area contributed by atoms with E-state index in [1.807, 2.05) is 7.05 Å². The van der Waals surface area contributed by atoms with E-state index in [4.69, 9.17) is 0 Å². The fourth-order valence-electron chi connectivity index (χ4n) is 2.18. The van der Waals surface area contributed by atoms with Crippen LogP contribution in [0.1, 0.15) is 31.5 Å². The van der Waals surface area contributed by atoms with Crippen molar-refractivity contribution in [1.82, 2.24) is 15.0 Å². The molecule has 0 radical (unpaired) electrons. The first-order valence-corrected chi connectivity index (χ1v) is 6.51. The van der Waals surface area contributed by atoms with E-state index in [1.165, 1.54) is 0 Å². The predicted molar refractivity (Wildman–Crippen MR) is 63.8 cm³/mol. The van der Waals surface area contributed by atoms with Crippen molar-refractivity contribution in [3.8, 4) is 0 Å². The molecule has 1 aromatic heterocycles. The quantitative estimate of drug-likeness (QED) is 0.919. The topological polar surface area (TPSA) is 62.4 Å². The molecule has 0 bridgehead atoms. The first kappa shape index (κ1) is 15.2. The van der Waals surface area contributed by atoms with Gasteiger partial charge < -0.3 is 14.5 Å². The highest BCUT2D eigenvalue weighted by Crippen LogP contribution is 2.37. The third-order valence-corrected chi connectivity index (χ3v) is 3.75. The Kier molecular flexibility index (Phi) is 4.06. The van der Waals surface area contributed by atoms with E-state index in [-0.39, 0.29) is 5.82 Å². The van der Waals surface area contributed by atoms with Gasteiger partial charge in [-0.1, -0.05) is 5.16 Å². The number of halogens is 3. The number of hydrogen-bond donors (Lipinski definition) is 1. The molecule has 1 saturated heterocycles. The van der Waals surface area contributed by atoms with Crippen LogP contribution in [0, 0.1) is 5.92 Å². The van der Waals surface area contributed by atoms with Gasteiger partial charge in [0.1, 0.15) is 0 Å². The summed E-state index contributed by atoms with van der Waals surface area (Å²) in [7, 11) is 2.03. The van der Waals surface area contributed by atoms with Crippen LogP contribution in [0.3, 0.4) is 0 Å². The van der Waals surface area contributed by atoms with Gasteiger partial charge in [0, 0.05) is 6.42 Å². The maximum absolute atomic E-state index is 12.6. The van der Waals surface area contributed by atoms with Crippen LogP contribution >= 0.6 is 0 Å². The Morgan fingerprint density at radius 2 is 1.95 bits per heavy atom. The Hall–Kier alpha value is -1.15. The summed E-state index contributed by atoms with van der Waals surface area (Å²) in [5.41, 5.74) is -3.11. The average molecular weight is 293 g/mol. The van der Waals surface area contributed by atoms with E-state index in [1.54, 1.807) is 0 Å². The van der Waals surface area contributed by atoms with Crippen LogP contribution in [-0.2, 0) is 12.0 Å². The molecular weight excluding hydrogens is 275 g/mol. The number of piperidine rings is 1. The minimum absolute atomic E-state index is 0.221. The van der Waals surface area contributed by atoms with E-state index >= 15 is 0 Å². The SMILES string of the molecule is CN1CCC(Cc2noc([C@](C)(O)C(F)(F)F)n2)CC1. The van der Waals surface area contributed by atoms with E-state index in [0.717, 1.165) is 25.9 Å². The molecule has 1 aromatic rings. The van der Waals surface area contributed by atoms with Crippen molar-refractivity contribution >= 4 is 0 Å². The molecule has 2 heterocycles. The number of hydrogen-bond acceptors (Lipinski definition) is 5. The molecular formula is C12H18F3N3O2. The van der Waals surface area contributed by atoms with Gasteiger partial charge in [0.2, 0.25) is 5.60 Å². The van der Waals surface area contributed by atoms with E-state index < -0.39 is 17.7 Å². The molecule has 0 unspecified atom stereocenters. The van der Waals surface area contributed by atoms with Crippen LogP contribution in [0.25, 0.3) is 0 Å². The van der Waals surface area contributed by atoms with Crippen LogP contribution < -0.4 is 0 Å². The molecule has 0 saturated carbocycles. The number of aromatic nitrogens is 2. The molecule has 1 atom stereocenters. The highest BCUT2D eigenvalue weighted by Gasteiger charge is 2.55. The highest BCUT2D eigenvalue weighted by molar-refractivity contribution is 5.01. The number of alkyl halides is 3. The first-order valence-electron chi connectivity index (χ1n) is 6.51. The lowest BCUT2D eigenvalue weighted by atomic mass is 9.93. The Labute approximate surface area is 114 Å². The summed E-state index contributed by atoms with van der Waals surface area (Å²) < 4.78 is 42.5. The Morgan fingerprint density at radius 3 is 2.50 bits per heavy atom. The summed E-state index contributed by atoms with van der Waals surface area (Å²) >= 11 is 0. The standard InChI is InChI=1S/C12H18F3N3O2/c1-11(19,12(13,14)15)10-16-9(17-20-10)7-8-3-5-18(2)6-4-8/h8,19H,3-7H2,1-2H3/t11-/m0/s1. The van der Waals surface area contributed by atoms with Crippen molar-refractivity contribution in [1.29, 1.82) is 0 Å². The molecule has 1 fully saturated rings. The normalized spacial score (nSPS) is 21.9. The van der Waals surface area contributed by atoms with Gasteiger partial charge in [-0.3, -0.25) is 0 Å². The van der Waals surface area contributed by atoms with Gasteiger partial charge in [0.05, 0.1) is 0 Å². The Balaban J connectivity index is 2.02. The Bertz CT molecular complexity index is 451. The van der Waals surface area contributed by atoms with Crippen LogP contribution in [0.4, 0.5) is 13.2 Å². The fraction of sp³-hybridized carbons (Fsp3) is 0.833. The van der Waals surface area contributed by atoms with Gasteiger partial charge in [-0.2, -0.15) is 18.2 Å². The second kappa shape index (κ2) is 5.33. The molecule has 1 aliphatic rings. The first-order chi connectivity index (χ1) is 9.20. The lowest BCUT2D eigenvalue weighted by molar-refractivity contribution is -0.267. The van der Waals surface area contributed by atoms with E-state index in [9.17, 15) is 18.3 Å². The molecule has 0 amide bonds. The zero-order valence-corrected chi connectivity index (χ0v) is 11.4. The maximum atomic E-state index is 12.6. The van der Waals surface area contributed by atoms with Crippen molar-refractivity contribution in [3.63, 3.8) is 0 Å². The number of rotatable bonds is 3. The minimum atomic E-state index is -4.84. The lowest BCUT2D eigenvalue weighted by Gasteiger charge is -2.28. The summed E-state index contributed by atoms with van der Waals surface area (Å²) in [5.74, 6) is -0.237. The van der Waals surface area contributed by atoms with Gasteiger partial charge >= 0.3 is 6.18 Å². The van der Waals surface area contributed by atoms with E-state index in [0.29, 0.717) is 19.3 Å². The molecule has 20 heavy (non-hydrogen) atoms. The summed E-state index contributed by atoms with van der Waals surface area (Å²) in [5, 5.41) is 13.0. The summed E-state index contributed by atoms with van der Waals surface area (Å²) in [6.07, 6.45) is -2.46. The van der Waals surface area contributed by atoms with Gasteiger partial charge in [-0.15, -0.1) is 0 Å². The third-order valence-electron chi connectivity index (χ3n) is 3.75. The third kappa shape index (κ3) is 3.12. The zero-order chi connectivity index (χ0) is 15.0. The molecule has 2 rings (SSSR count). The van der Waals surface area contributed by atoms with E-state index in [2.05, 4.69) is 19.6 Å². The summed E-state index contributed by atoms with van der Waals surface area (Å²) in [6, 6.07) is 0. The molecule has 1 aliphatic heterocycles. The zero-order valence-electron chi connectivity index (χ0n) is 11.4. The monoisotopic (exact) mass is 293 g/mol. The number of likely N-dealkylation sites (tertiary alicyclic amines) is 1.